The summed E-state index contributed by atoms with van der Waals surface area (Å²) in [5, 5.41) is 20.8. The average Bonchev–Trinajstić information content (AvgIpc) is 2.84. The summed E-state index contributed by atoms with van der Waals surface area (Å²) >= 11 is 0. The minimum Gasteiger partial charge on any atom is -0.508 e. The second-order valence-corrected chi connectivity index (χ2v) is 7.93. The number of aromatic hydroxyl groups is 1. The molecule has 1 aromatic rings. The maximum Gasteiger partial charge on any atom is 0.128 e. The highest BCUT2D eigenvalue weighted by Gasteiger charge is 2.55. The normalized spacial score (nSPS) is 41.3. The molecule has 0 bridgehead atoms. The third-order valence-electron chi connectivity index (χ3n) is 6.81. The fraction of sp³-hybridized carbons (Fsp3) is 0.619. The van der Waals surface area contributed by atoms with E-state index in [-0.39, 0.29) is 0 Å². The summed E-state index contributed by atoms with van der Waals surface area (Å²) in [6.45, 7) is 4.18. The molecule has 0 aliphatic heterocycles. The Labute approximate surface area is 138 Å². The Morgan fingerprint density at radius 3 is 2.83 bits per heavy atom. The highest BCUT2D eigenvalue weighted by molar-refractivity contribution is 5.40. The molecule has 4 rings (SSSR count). The van der Waals surface area contributed by atoms with Gasteiger partial charge in [-0.15, -0.1) is 5.92 Å². The van der Waals surface area contributed by atoms with Crippen LogP contribution in [0.25, 0.3) is 0 Å². The monoisotopic (exact) mass is 310 g/mol. The van der Waals surface area contributed by atoms with E-state index in [2.05, 4.69) is 24.8 Å². The Morgan fingerprint density at radius 1 is 1.22 bits per heavy atom. The van der Waals surface area contributed by atoms with E-state index in [1.165, 1.54) is 17.5 Å². The van der Waals surface area contributed by atoms with E-state index in [1.807, 2.05) is 19.1 Å². The molecule has 3 aliphatic carbocycles. The van der Waals surface area contributed by atoms with Crippen molar-refractivity contribution in [1.82, 2.24) is 0 Å². The highest BCUT2D eigenvalue weighted by Crippen LogP contribution is 2.59. The lowest BCUT2D eigenvalue weighted by atomic mass is 9.56. The smallest absolute Gasteiger partial charge is 0.128 e. The molecule has 0 radical (unpaired) electrons. The van der Waals surface area contributed by atoms with Crippen LogP contribution in [0.15, 0.2) is 18.2 Å². The van der Waals surface area contributed by atoms with E-state index in [4.69, 9.17) is 0 Å². The Bertz CT molecular complexity index is 683. The Balaban J connectivity index is 1.71. The molecule has 2 fully saturated rings. The summed E-state index contributed by atoms with van der Waals surface area (Å²) in [7, 11) is 0. The Kier molecular flexibility index (Phi) is 3.46. The first-order chi connectivity index (χ1) is 11.0. The number of rotatable bonds is 0. The summed E-state index contributed by atoms with van der Waals surface area (Å²) in [6.07, 6.45) is 5.25. The fourth-order valence-electron chi connectivity index (χ4n) is 6.00. The van der Waals surface area contributed by atoms with Crippen LogP contribution in [0, 0.1) is 35.5 Å². The summed E-state index contributed by atoms with van der Waals surface area (Å²) in [4.78, 5) is 0. The van der Waals surface area contributed by atoms with Crippen LogP contribution in [0.2, 0.25) is 0 Å². The number of hydrogen-bond acceptors (Lipinski definition) is 2. The highest BCUT2D eigenvalue weighted by atomic mass is 16.3. The standard InChI is InChI=1S/C21H26O2/c1-3-9-21(23)10-8-17-18-6-4-14-12-15(22)5-7-16(14)20(18)13(2)11-19(17)21/h5,7,12-13,17-20,22-23H,4,6,8,10-11H2,1-2H3/t13-,17-,18-,19-,20+,21-/m0/s1. The topological polar surface area (TPSA) is 40.5 Å². The van der Waals surface area contributed by atoms with Crippen LogP contribution < -0.4 is 0 Å². The van der Waals surface area contributed by atoms with Gasteiger partial charge in [0.1, 0.15) is 11.4 Å². The number of phenols is 1. The SMILES string of the molecule is CC#C[C@]1(O)CC[C@H]2[C@@H]3CCc4cc(O)ccc4[C@H]3[C@@H](C)C[C@@H]21. The van der Waals surface area contributed by atoms with E-state index in [0.717, 1.165) is 25.7 Å². The van der Waals surface area contributed by atoms with Crippen molar-refractivity contribution in [2.75, 3.05) is 0 Å². The lowest BCUT2D eigenvalue weighted by Gasteiger charge is -2.49. The Morgan fingerprint density at radius 2 is 2.04 bits per heavy atom. The van der Waals surface area contributed by atoms with Gasteiger partial charge in [-0.3, -0.25) is 0 Å². The molecule has 0 unspecified atom stereocenters. The molecular weight excluding hydrogens is 284 g/mol. The van der Waals surface area contributed by atoms with Gasteiger partial charge in [-0.25, -0.2) is 0 Å². The van der Waals surface area contributed by atoms with Gasteiger partial charge < -0.3 is 10.2 Å². The third kappa shape index (κ3) is 2.21. The molecule has 0 saturated heterocycles. The van der Waals surface area contributed by atoms with E-state index in [1.54, 1.807) is 0 Å². The summed E-state index contributed by atoms with van der Waals surface area (Å²) < 4.78 is 0. The Hall–Kier alpha value is -1.46. The first-order valence-corrected chi connectivity index (χ1v) is 9.01. The molecule has 2 saturated carbocycles. The molecule has 0 amide bonds. The van der Waals surface area contributed by atoms with Crippen molar-refractivity contribution >= 4 is 0 Å². The van der Waals surface area contributed by atoms with E-state index >= 15 is 0 Å². The summed E-state index contributed by atoms with van der Waals surface area (Å²) in [5.74, 6) is 9.23. The van der Waals surface area contributed by atoms with Gasteiger partial charge in [-0.1, -0.05) is 18.9 Å². The number of phenolic OH excluding ortho intramolecular Hbond substituents is 1. The average molecular weight is 310 g/mol. The molecule has 1 aromatic carbocycles. The van der Waals surface area contributed by atoms with Crippen LogP contribution in [0.4, 0.5) is 0 Å². The van der Waals surface area contributed by atoms with Gasteiger partial charge in [0.2, 0.25) is 0 Å². The van der Waals surface area contributed by atoms with E-state index in [9.17, 15) is 10.2 Å². The number of aliphatic hydroxyl groups is 1. The van der Waals surface area contributed by atoms with Gasteiger partial charge in [-0.2, -0.15) is 0 Å². The van der Waals surface area contributed by atoms with Crippen molar-refractivity contribution in [3.05, 3.63) is 29.3 Å². The van der Waals surface area contributed by atoms with Gasteiger partial charge in [0.15, 0.2) is 0 Å². The summed E-state index contributed by atoms with van der Waals surface area (Å²) in [5.41, 5.74) is 2.02. The number of hydrogen-bond donors (Lipinski definition) is 2. The van der Waals surface area contributed by atoms with E-state index < -0.39 is 5.60 Å². The number of fused-ring (bicyclic) bond motifs is 5. The largest absolute Gasteiger partial charge is 0.508 e. The van der Waals surface area contributed by atoms with Crippen molar-refractivity contribution in [1.29, 1.82) is 0 Å². The van der Waals surface area contributed by atoms with Gasteiger partial charge in [0.25, 0.3) is 0 Å². The van der Waals surface area contributed by atoms with Crippen LogP contribution in [0.3, 0.4) is 0 Å². The minimum absolute atomic E-state index is 0.338. The van der Waals surface area contributed by atoms with Gasteiger partial charge >= 0.3 is 0 Å². The zero-order valence-corrected chi connectivity index (χ0v) is 14.0. The number of benzene rings is 1. The third-order valence-corrected chi connectivity index (χ3v) is 6.81. The molecule has 3 aliphatic rings. The molecule has 122 valence electrons. The molecule has 2 nitrogen and oxygen atoms in total. The molecule has 0 aromatic heterocycles. The van der Waals surface area contributed by atoms with Crippen molar-refractivity contribution < 1.29 is 10.2 Å². The first-order valence-electron chi connectivity index (χ1n) is 9.01. The predicted molar refractivity (Wildman–Crippen MR) is 91.1 cm³/mol. The van der Waals surface area contributed by atoms with Crippen molar-refractivity contribution in [2.24, 2.45) is 23.7 Å². The predicted octanol–water partition coefficient (Wildman–Crippen LogP) is 3.86. The zero-order valence-electron chi connectivity index (χ0n) is 14.0. The van der Waals surface area contributed by atoms with Crippen molar-refractivity contribution in [3.63, 3.8) is 0 Å². The van der Waals surface area contributed by atoms with Crippen LogP contribution in [0.1, 0.15) is 56.6 Å². The van der Waals surface area contributed by atoms with Crippen LogP contribution in [0.5, 0.6) is 5.75 Å². The van der Waals surface area contributed by atoms with Gasteiger partial charge in [-0.05, 0) is 86.0 Å². The summed E-state index contributed by atoms with van der Waals surface area (Å²) in [6, 6.07) is 5.94. The van der Waals surface area contributed by atoms with Gasteiger partial charge in [0, 0.05) is 5.92 Å². The first kappa shape index (κ1) is 15.1. The molecule has 6 atom stereocenters. The molecule has 2 N–H and O–H groups in total. The van der Waals surface area contributed by atoms with Crippen LogP contribution >= 0.6 is 0 Å². The van der Waals surface area contributed by atoms with Crippen LogP contribution in [-0.2, 0) is 6.42 Å². The lowest BCUT2D eigenvalue weighted by Crippen LogP contribution is -2.45. The molecule has 0 heterocycles. The molecule has 0 spiro atoms. The maximum absolute atomic E-state index is 11.0. The fourth-order valence-corrected chi connectivity index (χ4v) is 6.00. The van der Waals surface area contributed by atoms with Crippen molar-refractivity contribution in [2.45, 2.75) is 57.5 Å². The van der Waals surface area contributed by atoms with E-state index in [0.29, 0.717) is 35.3 Å². The quantitative estimate of drug-likeness (QED) is 0.714. The number of aryl methyl sites for hydroxylation is 1. The van der Waals surface area contributed by atoms with Crippen molar-refractivity contribution in [3.8, 4) is 17.6 Å². The molecular formula is C21H26O2. The second kappa shape index (κ2) is 5.28. The molecule has 23 heavy (non-hydrogen) atoms. The molecule has 2 heteroatoms. The second-order valence-electron chi connectivity index (χ2n) is 7.93. The lowest BCUT2D eigenvalue weighted by molar-refractivity contribution is -0.00862. The zero-order chi connectivity index (χ0) is 16.2. The van der Waals surface area contributed by atoms with Crippen LogP contribution in [-0.4, -0.2) is 15.8 Å². The van der Waals surface area contributed by atoms with Gasteiger partial charge in [0.05, 0.1) is 0 Å². The minimum atomic E-state index is -0.756. The maximum atomic E-state index is 11.0.